The van der Waals surface area contributed by atoms with Gasteiger partial charge in [0.15, 0.2) is 9.84 Å². The van der Waals surface area contributed by atoms with Crippen LogP contribution in [0.15, 0.2) is 54.6 Å². The van der Waals surface area contributed by atoms with E-state index in [4.69, 9.17) is 0 Å². The average molecular weight is 386 g/mol. The summed E-state index contributed by atoms with van der Waals surface area (Å²) in [5, 5.41) is 2.79. The summed E-state index contributed by atoms with van der Waals surface area (Å²) in [6.07, 6.45) is 0.472. The Morgan fingerprint density at radius 1 is 1.04 bits per heavy atom. The Balaban J connectivity index is 1.70. The third-order valence-corrected chi connectivity index (χ3v) is 6.43. The first-order valence-corrected chi connectivity index (χ1v) is 10.7. The summed E-state index contributed by atoms with van der Waals surface area (Å²) >= 11 is 0. The Hall–Kier alpha value is -2.67. The maximum absolute atomic E-state index is 12.8. The zero-order chi connectivity index (χ0) is 19.4. The van der Waals surface area contributed by atoms with Crippen LogP contribution >= 0.6 is 0 Å². The first kappa shape index (κ1) is 19.1. The number of sulfone groups is 1. The number of anilines is 1. The van der Waals surface area contributed by atoms with Crippen LogP contribution in [-0.2, 0) is 9.84 Å². The van der Waals surface area contributed by atoms with Crippen molar-refractivity contribution in [1.29, 1.82) is 0 Å². The van der Waals surface area contributed by atoms with E-state index in [-0.39, 0.29) is 29.4 Å². The highest BCUT2D eigenvalue weighted by molar-refractivity contribution is 7.91. The Kier molecular flexibility index (Phi) is 5.60. The van der Waals surface area contributed by atoms with Crippen LogP contribution in [0.25, 0.3) is 0 Å². The van der Waals surface area contributed by atoms with E-state index >= 15 is 0 Å². The van der Waals surface area contributed by atoms with Crippen molar-refractivity contribution in [3.63, 3.8) is 0 Å². The molecule has 2 aromatic carbocycles. The van der Waals surface area contributed by atoms with Gasteiger partial charge in [0.1, 0.15) is 0 Å². The van der Waals surface area contributed by atoms with Gasteiger partial charge >= 0.3 is 0 Å². The summed E-state index contributed by atoms with van der Waals surface area (Å²) in [5.41, 5.74) is 1.58. The molecule has 2 amide bonds. The minimum absolute atomic E-state index is 0.0180. The average Bonchev–Trinajstić information content (AvgIpc) is 3.02. The van der Waals surface area contributed by atoms with Crippen molar-refractivity contribution in [2.45, 2.75) is 19.4 Å². The largest absolute Gasteiger partial charge is 0.335 e. The minimum atomic E-state index is -3.06. The number of para-hydroxylation sites is 1. The van der Waals surface area contributed by atoms with Crippen LogP contribution in [0.1, 0.15) is 34.1 Å². The van der Waals surface area contributed by atoms with Gasteiger partial charge in [0.25, 0.3) is 11.8 Å². The van der Waals surface area contributed by atoms with Crippen LogP contribution in [-0.4, -0.2) is 49.2 Å². The van der Waals surface area contributed by atoms with Crippen LogP contribution in [0, 0.1) is 0 Å². The molecule has 3 rings (SSSR count). The molecule has 0 aliphatic carbocycles. The van der Waals surface area contributed by atoms with Crippen molar-refractivity contribution < 1.29 is 18.0 Å². The molecule has 0 aromatic heterocycles. The predicted molar refractivity (Wildman–Crippen MR) is 105 cm³/mol. The van der Waals surface area contributed by atoms with Crippen molar-refractivity contribution in [2.24, 2.45) is 0 Å². The molecule has 27 heavy (non-hydrogen) atoms. The predicted octanol–water partition coefficient (Wildman–Crippen LogP) is 2.59. The highest BCUT2D eigenvalue weighted by atomic mass is 32.2. The molecule has 0 saturated carbocycles. The maximum Gasteiger partial charge on any atom is 0.255 e. The van der Waals surface area contributed by atoms with Crippen molar-refractivity contribution in [2.75, 3.05) is 23.4 Å². The van der Waals surface area contributed by atoms with E-state index in [1.54, 1.807) is 41.3 Å². The molecule has 1 aliphatic heterocycles. The topological polar surface area (TPSA) is 83.6 Å². The number of rotatable bonds is 5. The highest BCUT2D eigenvalue weighted by Gasteiger charge is 2.34. The van der Waals surface area contributed by atoms with Gasteiger partial charge in [-0.15, -0.1) is 0 Å². The molecule has 1 atom stereocenters. The smallest absolute Gasteiger partial charge is 0.255 e. The monoisotopic (exact) mass is 386 g/mol. The summed E-state index contributed by atoms with van der Waals surface area (Å²) in [7, 11) is -3.06. The van der Waals surface area contributed by atoms with Crippen LogP contribution in [0.4, 0.5) is 5.69 Å². The molecule has 1 aliphatic rings. The third kappa shape index (κ3) is 4.54. The molecule has 0 radical (unpaired) electrons. The molecule has 1 heterocycles. The maximum atomic E-state index is 12.8. The van der Waals surface area contributed by atoms with Gasteiger partial charge in [0.05, 0.1) is 11.5 Å². The first-order chi connectivity index (χ1) is 12.9. The van der Waals surface area contributed by atoms with Crippen molar-refractivity contribution in [3.05, 3.63) is 65.7 Å². The molecule has 1 fully saturated rings. The van der Waals surface area contributed by atoms with E-state index in [0.717, 1.165) is 0 Å². The van der Waals surface area contributed by atoms with Gasteiger partial charge < -0.3 is 10.2 Å². The fourth-order valence-electron chi connectivity index (χ4n) is 3.24. The van der Waals surface area contributed by atoms with E-state index in [9.17, 15) is 18.0 Å². The number of carbonyl (C=O) groups excluding carboxylic acids is 2. The van der Waals surface area contributed by atoms with Crippen LogP contribution < -0.4 is 5.32 Å². The second-order valence-electron chi connectivity index (χ2n) is 6.55. The van der Waals surface area contributed by atoms with Gasteiger partial charge in [-0.05, 0) is 49.7 Å². The van der Waals surface area contributed by atoms with Crippen LogP contribution in [0.5, 0.6) is 0 Å². The summed E-state index contributed by atoms with van der Waals surface area (Å²) in [6, 6.07) is 15.3. The number of amides is 2. The molecule has 0 spiro atoms. The second-order valence-corrected chi connectivity index (χ2v) is 8.77. The Bertz CT molecular complexity index is 924. The number of hydrogen-bond acceptors (Lipinski definition) is 4. The Morgan fingerprint density at radius 3 is 2.22 bits per heavy atom. The summed E-state index contributed by atoms with van der Waals surface area (Å²) in [6.45, 7) is 2.28. The van der Waals surface area contributed by atoms with Gasteiger partial charge in [-0.3, -0.25) is 9.59 Å². The third-order valence-electron chi connectivity index (χ3n) is 4.68. The minimum Gasteiger partial charge on any atom is -0.335 e. The van der Waals surface area contributed by atoms with E-state index < -0.39 is 9.84 Å². The number of nitrogens with one attached hydrogen (secondary N) is 1. The molecule has 1 unspecified atom stereocenters. The highest BCUT2D eigenvalue weighted by Crippen LogP contribution is 2.20. The van der Waals surface area contributed by atoms with Crippen LogP contribution in [0.3, 0.4) is 0 Å². The normalized spacial score (nSPS) is 18.0. The lowest BCUT2D eigenvalue weighted by atomic mass is 10.1. The lowest BCUT2D eigenvalue weighted by molar-refractivity contribution is 0.0708. The van der Waals surface area contributed by atoms with Gasteiger partial charge in [-0.25, -0.2) is 8.42 Å². The van der Waals surface area contributed by atoms with E-state index in [2.05, 4.69) is 5.32 Å². The van der Waals surface area contributed by atoms with E-state index in [1.807, 2.05) is 25.1 Å². The van der Waals surface area contributed by atoms with Crippen molar-refractivity contribution in [1.82, 2.24) is 4.90 Å². The van der Waals surface area contributed by atoms with Crippen LogP contribution in [0.2, 0.25) is 0 Å². The second kappa shape index (κ2) is 7.92. The Morgan fingerprint density at radius 2 is 1.67 bits per heavy atom. The van der Waals surface area contributed by atoms with Gasteiger partial charge in [-0.1, -0.05) is 18.2 Å². The van der Waals surface area contributed by atoms with E-state index in [0.29, 0.717) is 29.8 Å². The molecule has 0 bridgehead atoms. The molecular weight excluding hydrogens is 364 g/mol. The standard InChI is InChI=1S/C20H22N2O4S/c1-2-22(18-12-13-27(25,26)14-18)20(24)16-10-8-15(9-11-16)19(23)21-17-6-4-3-5-7-17/h3-11,18H,2,12-14H2,1H3,(H,21,23). The number of benzene rings is 2. The number of carbonyl (C=O) groups is 2. The number of hydrogen-bond donors (Lipinski definition) is 1. The molecule has 142 valence electrons. The summed E-state index contributed by atoms with van der Waals surface area (Å²) < 4.78 is 23.4. The lowest BCUT2D eigenvalue weighted by Gasteiger charge is -2.27. The summed E-state index contributed by atoms with van der Waals surface area (Å²) in [4.78, 5) is 26.7. The van der Waals surface area contributed by atoms with Gasteiger partial charge in [0.2, 0.25) is 0 Å². The molecule has 6 nitrogen and oxygen atoms in total. The molecule has 1 saturated heterocycles. The fraction of sp³-hybridized carbons (Fsp3) is 0.300. The SMILES string of the molecule is CCN(C(=O)c1ccc(C(=O)Nc2ccccc2)cc1)C1CCS(=O)(=O)C1. The lowest BCUT2D eigenvalue weighted by Crippen LogP contribution is -2.41. The fourth-order valence-corrected chi connectivity index (χ4v) is 4.97. The molecule has 1 N–H and O–H groups in total. The first-order valence-electron chi connectivity index (χ1n) is 8.87. The molecular formula is C20H22N2O4S. The van der Waals surface area contributed by atoms with Crippen molar-refractivity contribution in [3.8, 4) is 0 Å². The van der Waals surface area contributed by atoms with Crippen molar-refractivity contribution >= 4 is 27.3 Å². The van der Waals surface area contributed by atoms with E-state index in [1.165, 1.54) is 0 Å². The zero-order valence-corrected chi connectivity index (χ0v) is 15.9. The molecule has 2 aromatic rings. The van der Waals surface area contributed by atoms with Gasteiger partial charge in [-0.2, -0.15) is 0 Å². The quantitative estimate of drug-likeness (QED) is 0.856. The Labute approximate surface area is 159 Å². The summed E-state index contributed by atoms with van der Waals surface area (Å²) in [5.74, 6) is -0.325. The van der Waals surface area contributed by atoms with Gasteiger partial charge in [0, 0.05) is 29.4 Å². The molecule has 7 heteroatoms. The zero-order valence-electron chi connectivity index (χ0n) is 15.1. The number of nitrogens with zero attached hydrogens (tertiary/aromatic N) is 1.